The van der Waals surface area contributed by atoms with Crippen molar-refractivity contribution >= 4 is 5.71 Å². The Labute approximate surface area is 165 Å². The third kappa shape index (κ3) is 3.91. The first-order chi connectivity index (χ1) is 13.3. The lowest BCUT2D eigenvalue weighted by Crippen LogP contribution is -2.63. The lowest BCUT2D eigenvalue weighted by atomic mass is 9.97. The fourth-order valence-electron chi connectivity index (χ4n) is 3.84. The standard InChI is InChI=1S/C18H24F3NO7/c1-9-6-11(18(19,20)21)22-28-14(9)25-13-12-10(26-16(4,5)27-12)7-23-17(13)8-24-15(2,3)29-17/h6,10,12-14H,7-8H2,1-5H3/t10-,12-,13+,14?,17+/m1/s1. The Morgan fingerprint density at radius 3 is 2.41 bits per heavy atom. The Bertz CT molecular complexity index is 733. The minimum atomic E-state index is -4.62. The molecule has 0 saturated carbocycles. The summed E-state index contributed by atoms with van der Waals surface area (Å²) in [7, 11) is 0. The molecule has 0 aromatic carbocycles. The molecule has 4 rings (SSSR count). The Kier molecular flexibility index (Phi) is 4.80. The summed E-state index contributed by atoms with van der Waals surface area (Å²) in [5.74, 6) is -3.16. The minimum absolute atomic E-state index is 0.0459. The van der Waals surface area contributed by atoms with Crippen molar-refractivity contribution in [2.24, 2.45) is 5.16 Å². The van der Waals surface area contributed by atoms with Gasteiger partial charge in [-0.1, -0.05) is 5.16 Å². The van der Waals surface area contributed by atoms with Crippen LogP contribution in [-0.4, -0.2) is 67.1 Å². The van der Waals surface area contributed by atoms with Crippen LogP contribution in [0, 0.1) is 0 Å². The second-order valence-corrected chi connectivity index (χ2v) is 8.41. The molecule has 0 aromatic rings. The van der Waals surface area contributed by atoms with Crippen molar-refractivity contribution in [3.05, 3.63) is 11.6 Å². The molecule has 1 spiro atoms. The number of ether oxygens (including phenoxy) is 6. The van der Waals surface area contributed by atoms with Gasteiger partial charge in [-0.3, -0.25) is 0 Å². The van der Waals surface area contributed by atoms with Crippen molar-refractivity contribution in [2.45, 2.75) is 82.8 Å². The van der Waals surface area contributed by atoms with E-state index in [2.05, 4.69) is 5.16 Å². The number of alkyl halides is 3. The van der Waals surface area contributed by atoms with Crippen molar-refractivity contribution < 1.29 is 46.4 Å². The van der Waals surface area contributed by atoms with Crippen LogP contribution < -0.4 is 0 Å². The first-order valence-electron chi connectivity index (χ1n) is 9.29. The third-order valence-corrected chi connectivity index (χ3v) is 5.03. The van der Waals surface area contributed by atoms with Crippen molar-refractivity contribution in [2.75, 3.05) is 13.2 Å². The van der Waals surface area contributed by atoms with E-state index in [-0.39, 0.29) is 18.8 Å². The molecule has 0 aliphatic carbocycles. The average Bonchev–Trinajstić information content (AvgIpc) is 3.06. The number of hydrogen-bond acceptors (Lipinski definition) is 8. The number of hydrogen-bond donors (Lipinski definition) is 0. The predicted molar refractivity (Wildman–Crippen MR) is 90.6 cm³/mol. The number of fused-ring (bicyclic) bond motifs is 1. The second kappa shape index (κ2) is 6.63. The summed E-state index contributed by atoms with van der Waals surface area (Å²) in [5.41, 5.74) is -0.938. The van der Waals surface area contributed by atoms with Gasteiger partial charge in [0, 0.05) is 0 Å². The summed E-state index contributed by atoms with van der Waals surface area (Å²) < 4.78 is 74.3. The highest BCUT2D eigenvalue weighted by Gasteiger charge is 2.64. The fourth-order valence-corrected chi connectivity index (χ4v) is 3.84. The highest BCUT2D eigenvalue weighted by molar-refractivity contribution is 5.99. The maximum atomic E-state index is 12.9. The molecule has 4 heterocycles. The van der Waals surface area contributed by atoms with Crippen LogP contribution in [0.5, 0.6) is 0 Å². The van der Waals surface area contributed by atoms with Crippen LogP contribution in [0.4, 0.5) is 13.2 Å². The summed E-state index contributed by atoms with van der Waals surface area (Å²) in [6, 6.07) is 0. The van der Waals surface area contributed by atoms with Gasteiger partial charge in [0.1, 0.15) is 24.9 Å². The maximum absolute atomic E-state index is 12.9. The molecular formula is C18H24F3NO7. The first kappa shape index (κ1) is 21.0. The fraction of sp³-hybridized carbons (Fsp3) is 0.833. The molecule has 0 radical (unpaired) electrons. The molecule has 11 heteroatoms. The molecule has 5 atom stereocenters. The topological polar surface area (TPSA) is 77.0 Å². The van der Waals surface area contributed by atoms with Crippen LogP contribution in [0.3, 0.4) is 0 Å². The number of allylic oxidation sites excluding steroid dienone is 1. The van der Waals surface area contributed by atoms with E-state index in [1.165, 1.54) is 6.92 Å². The smallest absolute Gasteiger partial charge is 0.358 e. The van der Waals surface area contributed by atoms with Gasteiger partial charge in [-0.2, -0.15) is 13.2 Å². The van der Waals surface area contributed by atoms with Gasteiger partial charge in [-0.05, 0) is 46.3 Å². The summed E-state index contributed by atoms with van der Waals surface area (Å²) >= 11 is 0. The third-order valence-electron chi connectivity index (χ3n) is 5.03. The Morgan fingerprint density at radius 1 is 1.10 bits per heavy atom. The van der Waals surface area contributed by atoms with Crippen LogP contribution >= 0.6 is 0 Å². The number of nitrogens with zero attached hydrogens (tertiary/aromatic N) is 1. The van der Waals surface area contributed by atoms with E-state index in [0.29, 0.717) is 0 Å². The summed E-state index contributed by atoms with van der Waals surface area (Å²) in [5, 5.41) is 3.16. The van der Waals surface area contributed by atoms with Gasteiger partial charge in [0.05, 0.1) is 6.61 Å². The van der Waals surface area contributed by atoms with Gasteiger partial charge in [0.2, 0.25) is 12.1 Å². The van der Waals surface area contributed by atoms with E-state index in [9.17, 15) is 13.2 Å². The highest BCUT2D eigenvalue weighted by Crippen LogP contribution is 2.46. The van der Waals surface area contributed by atoms with Crippen molar-refractivity contribution in [1.29, 1.82) is 0 Å². The molecule has 8 nitrogen and oxygen atoms in total. The molecule has 4 aliphatic heterocycles. The summed E-state index contributed by atoms with van der Waals surface area (Å²) in [6.07, 6.45) is -6.87. The summed E-state index contributed by atoms with van der Waals surface area (Å²) in [4.78, 5) is 5.02. The van der Waals surface area contributed by atoms with E-state index < -0.39 is 53.9 Å². The number of oxime groups is 1. The average molecular weight is 423 g/mol. The molecule has 164 valence electrons. The molecule has 3 saturated heterocycles. The number of halogens is 3. The minimum Gasteiger partial charge on any atom is -0.358 e. The quantitative estimate of drug-likeness (QED) is 0.676. The zero-order valence-corrected chi connectivity index (χ0v) is 16.7. The molecule has 0 N–H and O–H groups in total. The Morgan fingerprint density at radius 2 is 1.83 bits per heavy atom. The Balaban J connectivity index is 1.60. The van der Waals surface area contributed by atoms with E-state index in [0.717, 1.165) is 6.08 Å². The lowest BCUT2D eigenvalue weighted by molar-refractivity contribution is -0.352. The van der Waals surface area contributed by atoms with Crippen LogP contribution in [0.15, 0.2) is 16.8 Å². The van der Waals surface area contributed by atoms with Gasteiger partial charge >= 0.3 is 6.18 Å². The van der Waals surface area contributed by atoms with Crippen LogP contribution in [-0.2, 0) is 33.3 Å². The molecule has 0 aromatic heterocycles. The molecule has 29 heavy (non-hydrogen) atoms. The highest BCUT2D eigenvalue weighted by atomic mass is 19.4. The zero-order valence-electron chi connectivity index (χ0n) is 16.7. The van der Waals surface area contributed by atoms with E-state index in [4.69, 9.17) is 33.3 Å². The second-order valence-electron chi connectivity index (χ2n) is 8.41. The zero-order chi connectivity index (χ0) is 21.2. The van der Waals surface area contributed by atoms with Gasteiger partial charge in [-0.15, -0.1) is 0 Å². The molecule has 0 bridgehead atoms. The molecule has 0 amide bonds. The molecular weight excluding hydrogens is 399 g/mol. The van der Waals surface area contributed by atoms with Crippen LogP contribution in [0.25, 0.3) is 0 Å². The van der Waals surface area contributed by atoms with Crippen LogP contribution in [0.2, 0.25) is 0 Å². The molecule has 1 unspecified atom stereocenters. The van der Waals surface area contributed by atoms with Gasteiger partial charge < -0.3 is 33.3 Å². The van der Waals surface area contributed by atoms with E-state index in [1.807, 2.05) is 0 Å². The number of rotatable bonds is 2. The largest absolute Gasteiger partial charge is 0.436 e. The van der Waals surface area contributed by atoms with Gasteiger partial charge in [0.25, 0.3) is 0 Å². The van der Waals surface area contributed by atoms with Gasteiger partial charge in [-0.25, -0.2) is 0 Å². The Hall–Kier alpha value is -1.24. The SMILES string of the molecule is CC1=CC(C(F)(F)F)=NOC1O[C@H]1[C@@H]2OC(C)(C)O[C@@H]2CO[C@]12COC(C)(C)O2. The summed E-state index contributed by atoms with van der Waals surface area (Å²) in [6.45, 7) is 8.66. The predicted octanol–water partition coefficient (Wildman–Crippen LogP) is 2.62. The van der Waals surface area contributed by atoms with Crippen molar-refractivity contribution in [3.63, 3.8) is 0 Å². The van der Waals surface area contributed by atoms with E-state index in [1.54, 1.807) is 27.7 Å². The van der Waals surface area contributed by atoms with Crippen molar-refractivity contribution in [3.8, 4) is 0 Å². The van der Waals surface area contributed by atoms with Gasteiger partial charge in [0.15, 0.2) is 17.3 Å². The molecule has 3 fully saturated rings. The lowest BCUT2D eigenvalue weighted by Gasteiger charge is -2.44. The van der Waals surface area contributed by atoms with E-state index >= 15 is 0 Å². The normalized spacial score (nSPS) is 41.0. The first-order valence-corrected chi connectivity index (χ1v) is 9.29. The van der Waals surface area contributed by atoms with Crippen molar-refractivity contribution in [1.82, 2.24) is 0 Å². The monoisotopic (exact) mass is 423 g/mol. The maximum Gasteiger partial charge on any atom is 0.436 e. The molecule has 4 aliphatic rings. The van der Waals surface area contributed by atoms with Crippen LogP contribution in [0.1, 0.15) is 34.6 Å².